The lowest BCUT2D eigenvalue weighted by molar-refractivity contribution is -0.142. The molecule has 2 amide bonds. The summed E-state index contributed by atoms with van der Waals surface area (Å²) in [6, 6.07) is -1.50. The van der Waals surface area contributed by atoms with Crippen molar-refractivity contribution in [3.8, 4) is 0 Å². The number of hydrogen-bond donors (Lipinski definition) is 3. The minimum absolute atomic E-state index is 0.251. The van der Waals surface area contributed by atoms with E-state index in [0.717, 1.165) is 11.8 Å². The van der Waals surface area contributed by atoms with Gasteiger partial charge in [0.1, 0.15) is 12.1 Å². The van der Waals surface area contributed by atoms with Gasteiger partial charge < -0.3 is 15.7 Å². The van der Waals surface area contributed by atoms with Crippen molar-refractivity contribution in [1.82, 2.24) is 10.6 Å². The lowest BCUT2D eigenvalue weighted by Crippen LogP contribution is -2.49. The Kier molecular flexibility index (Phi) is 3.96. The van der Waals surface area contributed by atoms with Gasteiger partial charge in [0.05, 0.1) is 0 Å². The topological polar surface area (TPSA) is 95.5 Å². The number of carbonyl (C=O) groups is 3. The van der Waals surface area contributed by atoms with Crippen LogP contribution in [0.3, 0.4) is 0 Å². The van der Waals surface area contributed by atoms with Crippen LogP contribution >= 0.6 is 11.8 Å². The largest absolute Gasteiger partial charge is 0.480 e. The van der Waals surface area contributed by atoms with Gasteiger partial charge in [-0.3, -0.25) is 9.59 Å². The van der Waals surface area contributed by atoms with Gasteiger partial charge in [-0.2, -0.15) is 0 Å². The monoisotopic (exact) mass is 232 g/mol. The van der Waals surface area contributed by atoms with Gasteiger partial charge >= 0.3 is 5.97 Å². The maximum atomic E-state index is 11.5. The standard InChI is InChI=1S/C8H12N2O4S/c1-2-4(7(12)13)9-6(11)5-3-15-8(14)10-5/h4-5H,2-3H2,1H3,(H,9,11)(H,10,14)(H,12,13)/t4-,5?/m1/s1. The van der Waals surface area contributed by atoms with E-state index in [2.05, 4.69) is 10.6 Å². The Morgan fingerprint density at radius 3 is 2.80 bits per heavy atom. The van der Waals surface area contributed by atoms with Crippen LogP contribution in [0.1, 0.15) is 13.3 Å². The fourth-order valence-corrected chi connectivity index (χ4v) is 1.91. The van der Waals surface area contributed by atoms with Crippen molar-refractivity contribution < 1.29 is 19.5 Å². The zero-order valence-corrected chi connectivity index (χ0v) is 8.97. The maximum absolute atomic E-state index is 11.5. The van der Waals surface area contributed by atoms with Crippen LogP contribution in [-0.2, 0) is 9.59 Å². The molecule has 1 heterocycles. The summed E-state index contributed by atoms with van der Waals surface area (Å²) in [4.78, 5) is 32.9. The van der Waals surface area contributed by atoms with Crippen LogP contribution in [0.2, 0.25) is 0 Å². The Bertz CT molecular complexity index is 294. The summed E-state index contributed by atoms with van der Waals surface area (Å²) >= 11 is 1.02. The number of aliphatic carboxylic acids is 1. The normalized spacial score (nSPS) is 21.9. The number of rotatable bonds is 4. The number of thioether (sulfide) groups is 1. The second kappa shape index (κ2) is 5.01. The summed E-state index contributed by atoms with van der Waals surface area (Å²) in [5.74, 6) is -1.16. The molecule has 3 N–H and O–H groups in total. The molecule has 0 aromatic rings. The number of hydrogen-bond acceptors (Lipinski definition) is 4. The number of carboxylic acid groups (broad SMARTS) is 1. The molecule has 15 heavy (non-hydrogen) atoms. The minimum atomic E-state index is -1.07. The highest BCUT2D eigenvalue weighted by Gasteiger charge is 2.30. The van der Waals surface area contributed by atoms with Crippen molar-refractivity contribution in [1.29, 1.82) is 0 Å². The predicted octanol–water partition coefficient (Wildman–Crippen LogP) is -0.209. The van der Waals surface area contributed by atoms with Gasteiger partial charge in [0.2, 0.25) is 5.91 Å². The van der Waals surface area contributed by atoms with E-state index in [9.17, 15) is 14.4 Å². The third-order valence-corrected chi connectivity index (χ3v) is 2.89. The van der Waals surface area contributed by atoms with E-state index >= 15 is 0 Å². The summed E-state index contributed by atoms with van der Waals surface area (Å²) in [6.45, 7) is 1.67. The average molecular weight is 232 g/mol. The molecule has 7 heteroatoms. The molecule has 1 aliphatic rings. The smallest absolute Gasteiger partial charge is 0.326 e. The maximum Gasteiger partial charge on any atom is 0.326 e. The average Bonchev–Trinajstić information content (AvgIpc) is 2.60. The minimum Gasteiger partial charge on any atom is -0.480 e. The molecule has 2 atom stereocenters. The van der Waals surface area contributed by atoms with Gasteiger partial charge in [-0.25, -0.2) is 4.79 Å². The zero-order chi connectivity index (χ0) is 11.4. The molecule has 1 unspecified atom stereocenters. The zero-order valence-electron chi connectivity index (χ0n) is 8.15. The first-order valence-corrected chi connectivity index (χ1v) is 5.49. The highest BCUT2D eigenvalue weighted by molar-refractivity contribution is 8.14. The lowest BCUT2D eigenvalue weighted by atomic mass is 10.2. The van der Waals surface area contributed by atoms with E-state index in [1.807, 2.05) is 0 Å². The third kappa shape index (κ3) is 3.12. The Hall–Kier alpha value is -1.24. The first-order chi connectivity index (χ1) is 7.04. The Balaban J connectivity index is 2.47. The first kappa shape index (κ1) is 11.8. The quantitative estimate of drug-likeness (QED) is 0.623. The van der Waals surface area contributed by atoms with Gasteiger partial charge in [0, 0.05) is 5.75 Å². The van der Waals surface area contributed by atoms with E-state index in [1.165, 1.54) is 0 Å². The van der Waals surface area contributed by atoms with Crippen LogP contribution in [0.25, 0.3) is 0 Å². The van der Waals surface area contributed by atoms with Crippen molar-refractivity contribution in [3.05, 3.63) is 0 Å². The molecule has 1 fully saturated rings. The molecule has 84 valence electrons. The molecule has 0 spiro atoms. The van der Waals surface area contributed by atoms with Crippen LogP contribution in [-0.4, -0.2) is 40.1 Å². The van der Waals surface area contributed by atoms with Crippen LogP contribution in [0.4, 0.5) is 4.79 Å². The van der Waals surface area contributed by atoms with Gasteiger partial charge in [-0.15, -0.1) is 0 Å². The SMILES string of the molecule is CC[C@@H](NC(=O)C1CSC(=O)N1)C(=O)O. The molecule has 0 radical (unpaired) electrons. The molecule has 1 aliphatic heterocycles. The van der Waals surface area contributed by atoms with E-state index in [0.29, 0.717) is 12.2 Å². The van der Waals surface area contributed by atoms with E-state index < -0.39 is 24.0 Å². The third-order valence-electron chi connectivity index (χ3n) is 2.01. The molecule has 1 rings (SSSR count). The van der Waals surface area contributed by atoms with Crippen molar-refractivity contribution in [2.45, 2.75) is 25.4 Å². The Morgan fingerprint density at radius 1 is 1.73 bits per heavy atom. The Morgan fingerprint density at radius 2 is 2.40 bits per heavy atom. The fraction of sp³-hybridized carbons (Fsp3) is 0.625. The van der Waals surface area contributed by atoms with Crippen molar-refractivity contribution in [2.75, 3.05) is 5.75 Å². The summed E-state index contributed by atoms with van der Waals surface area (Å²) in [5.41, 5.74) is 0. The lowest BCUT2D eigenvalue weighted by Gasteiger charge is -2.15. The van der Waals surface area contributed by atoms with Crippen molar-refractivity contribution in [2.24, 2.45) is 0 Å². The molecule has 0 aromatic heterocycles. The van der Waals surface area contributed by atoms with Crippen molar-refractivity contribution >= 4 is 28.9 Å². The molecule has 0 aromatic carbocycles. The summed E-state index contributed by atoms with van der Waals surface area (Å²) in [6.07, 6.45) is 0.314. The summed E-state index contributed by atoms with van der Waals surface area (Å²) in [5, 5.41) is 13.3. The number of carbonyl (C=O) groups excluding carboxylic acids is 2. The van der Waals surface area contributed by atoms with E-state index in [-0.39, 0.29) is 5.24 Å². The van der Waals surface area contributed by atoms with Crippen molar-refractivity contribution in [3.63, 3.8) is 0 Å². The van der Waals surface area contributed by atoms with Gasteiger partial charge in [-0.1, -0.05) is 18.7 Å². The van der Waals surface area contributed by atoms with Crippen LogP contribution in [0.5, 0.6) is 0 Å². The van der Waals surface area contributed by atoms with Crippen LogP contribution < -0.4 is 10.6 Å². The first-order valence-electron chi connectivity index (χ1n) is 4.51. The number of nitrogens with one attached hydrogen (secondary N) is 2. The molecular weight excluding hydrogens is 220 g/mol. The summed E-state index contributed by atoms with van der Waals surface area (Å²) < 4.78 is 0. The molecule has 0 bridgehead atoms. The molecule has 1 saturated heterocycles. The van der Waals surface area contributed by atoms with E-state index in [1.54, 1.807) is 6.92 Å². The van der Waals surface area contributed by atoms with Gasteiger partial charge in [0.25, 0.3) is 5.24 Å². The number of amides is 2. The number of carboxylic acids is 1. The van der Waals surface area contributed by atoms with Crippen LogP contribution in [0.15, 0.2) is 0 Å². The highest BCUT2D eigenvalue weighted by Crippen LogP contribution is 2.13. The van der Waals surface area contributed by atoms with Gasteiger partial charge in [0.15, 0.2) is 0 Å². The second-order valence-corrected chi connectivity index (χ2v) is 4.10. The molecule has 0 aliphatic carbocycles. The predicted molar refractivity (Wildman–Crippen MR) is 54.6 cm³/mol. The summed E-state index contributed by atoms with van der Waals surface area (Å²) in [7, 11) is 0. The highest BCUT2D eigenvalue weighted by atomic mass is 32.2. The second-order valence-electron chi connectivity index (χ2n) is 3.10. The van der Waals surface area contributed by atoms with Crippen LogP contribution in [0, 0.1) is 0 Å². The molecular formula is C8H12N2O4S. The van der Waals surface area contributed by atoms with Gasteiger partial charge in [-0.05, 0) is 6.42 Å². The fourth-order valence-electron chi connectivity index (χ4n) is 1.14. The molecule has 0 saturated carbocycles. The molecule has 6 nitrogen and oxygen atoms in total. The van der Waals surface area contributed by atoms with E-state index in [4.69, 9.17) is 5.11 Å². The Labute approximate surface area is 90.8 Å².